The molecule has 1 saturated heterocycles. The van der Waals surface area contributed by atoms with Crippen LogP contribution >= 0.6 is 0 Å². The highest BCUT2D eigenvalue weighted by Gasteiger charge is 2.40. The summed E-state index contributed by atoms with van der Waals surface area (Å²) >= 11 is 0. The summed E-state index contributed by atoms with van der Waals surface area (Å²) in [6, 6.07) is 0. The summed E-state index contributed by atoms with van der Waals surface area (Å²) in [5, 5.41) is 9.22. The standard InChI is InChI=1S/C14H25NO3/c1-11-8-15(9-12(10-16)18-11)13(17)14(2)6-4-3-5-7-14/h11-12,16H,3-10H2,1-2H3. The average molecular weight is 255 g/mol. The van der Waals surface area contributed by atoms with Crippen LogP contribution in [0.15, 0.2) is 0 Å². The van der Waals surface area contributed by atoms with Gasteiger partial charge in [-0.2, -0.15) is 0 Å². The Kier molecular flexibility index (Phi) is 4.28. The van der Waals surface area contributed by atoms with Crippen molar-refractivity contribution >= 4 is 5.91 Å². The molecule has 0 radical (unpaired) electrons. The zero-order chi connectivity index (χ0) is 13.2. The highest BCUT2D eigenvalue weighted by atomic mass is 16.5. The lowest BCUT2D eigenvalue weighted by Gasteiger charge is -2.42. The third kappa shape index (κ3) is 2.86. The van der Waals surface area contributed by atoms with E-state index in [1.54, 1.807) is 0 Å². The molecule has 18 heavy (non-hydrogen) atoms. The molecular weight excluding hydrogens is 230 g/mol. The van der Waals surface area contributed by atoms with Crippen molar-refractivity contribution in [3.63, 3.8) is 0 Å². The first-order valence-electron chi connectivity index (χ1n) is 7.11. The highest BCUT2D eigenvalue weighted by Crippen LogP contribution is 2.37. The molecule has 4 nitrogen and oxygen atoms in total. The van der Waals surface area contributed by atoms with E-state index in [0.717, 1.165) is 25.7 Å². The van der Waals surface area contributed by atoms with Crippen molar-refractivity contribution in [3.8, 4) is 0 Å². The summed E-state index contributed by atoms with van der Waals surface area (Å²) in [5.74, 6) is 0.260. The number of hydrogen-bond donors (Lipinski definition) is 1. The Morgan fingerprint density at radius 3 is 2.61 bits per heavy atom. The fourth-order valence-corrected chi connectivity index (χ4v) is 3.24. The molecule has 0 aromatic rings. The largest absolute Gasteiger partial charge is 0.394 e. The van der Waals surface area contributed by atoms with Gasteiger partial charge in [-0.1, -0.05) is 26.2 Å². The number of carbonyl (C=O) groups excluding carboxylic acids is 1. The first-order valence-corrected chi connectivity index (χ1v) is 7.11. The molecule has 1 aliphatic carbocycles. The normalized spacial score (nSPS) is 32.3. The van der Waals surface area contributed by atoms with Gasteiger partial charge in [-0.15, -0.1) is 0 Å². The average Bonchev–Trinajstić information content (AvgIpc) is 2.38. The van der Waals surface area contributed by atoms with Gasteiger partial charge in [0.15, 0.2) is 0 Å². The summed E-state index contributed by atoms with van der Waals surface area (Å²) in [6.07, 6.45) is 5.37. The lowest BCUT2D eigenvalue weighted by molar-refractivity contribution is -0.158. The van der Waals surface area contributed by atoms with Crippen LogP contribution in [0.25, 0.3) is 0 Å². The molecule has 104 valence electrons. The number of aliphatic hydroxyl groups excluding tert-OH is 1. The van der Waals surface area contributed by atoms with Crippen molar-refractivity contribution in [2.24, 2.45) is 5.41 Å². The quantitative estimate of drug-likeness (QED) is 0.814. The molecule has 4 heteroatoms. The fraction of sp³-hybridized carbons (Fsp3) is 0.929. The van der Waals surface area contributed by atoms with Crippen molar-refractivity contribution in [2.45, 2.75) is 58.2 Å². The summed E-state index contributed by atoms with van der Waals surface area (Å²) in [5.41, 5.74) is -0.185. The maximum Gasteiger partial charge on any atom is 0.228 e. The third-order valence-electron chi connectivity index (χ3n) is 4.29. The molecule has 1 saturated carbocycles. The van der Waals surface area contributed by atoms with Crippen LogP contribution in [0.3, 0.4) is 0 Å². The Hall–Kier alpha value is -0.610. The fourth-order valence-electron chi connectivity index (χ4n) is 3.24. The zero-order valence-corrected chi connectivity index (χ0v) is 11.5. The van der Waals surface area contributed by atoms with Crippen molar-refractivity contribution in [1.82, 2.24) is 4.90 Å². The molecule has 2 atom stereocenters. The minimum absolute atomic E-state index is 0.00909. The van der Waals surface area contributed by atoms with Gasteiger partial charge in [0.1, 0.15) is 0 Å². The molecule has 1 aliphatic heterocycles. The van der Waals surface area contributed by atoms with Crippen molar-refractivity contribution in [1.29, 1.82) is 0 Å². The van der Waals surface area contributed by atoms with E-state index in [4.69, 9.17) is 4.74 Å². The van der Waals surface area contributed by atoms with Gasteiger partial charge in [-0.3, -0.25) is 4.79 Å². The maximum absolute atomic E-state index is 12.7. The van der Waals surface area contributed by atoms with E-state index in [1.807, 2.05) is 11.8 Å². The van der Waals surface area contributed by atoms with Crippen LogP contribution in [0.2, 0.25) is 0 Å². The van der Waals surface area contributed by atoms with E-state index in [0.29, 0.717) is 13.1 Å². The Morgan fingerprint density at radius 1 is 1.33 bits per heavy atom. The summed E-state index contributed by atoms with van der Waals surface area (Å²) in [6.45, 7) is 5.25. The second kappa shape index (κ2) is 5.57. The second-order valence-electron chi connectivity index (χ2n) is 6.08. The first kappa shape index (κ1) is 13.8. The van der Waals surface area contributed by atoms with E-state index in [1.165, 1.54) is 6.42 Å². The molecule has 1 heterocycles. The van der Waals surface area contributed by atoms with Crippen LogP contribution in [0, 0.1) is 5.41 Å². The Morgan fingerprint density at radius 2 is 2.00 bits per heavy atom. The number of rotatable bonds is 2. The molecule has 0 aromatic heterocycles. The maximum atomic E-state index is 12.7. The van der Waals surface area contributed by atoms with Crippen molar-refractivity contribution in [3.05, 3.63) is 0 Å². The zero-order valence-electron chi connectivity index (χ0n) is 11.5. The molecule has 2 aliphatic rings. The summed E-state index contributed by atoms with van der Waals surface area (Å²) in [7, 11) is 0. The molecule has 2 rings (SSSR count). The first-order chi connectivity index (χ1) is 8.55. The number of hydrogen-bond acceptors (Lipinski definition) is 3. The van der Waals surface area contributed by atoms with Crippen LogP contribution in [0.4, 0.5) is 0 Å². The van der Waals surface area contributed by atoms with Crippen LogP contribution < -0.4 is 0 Å². The second-order valence-corrected chi connectivity index (χ2v) is 6.08. The molecule has 0 aromatic carbocycles. The smallest absolute Gasteiger partial charge is 0.228 e. The van der Waals surface area contributed by atoms with Crippen LogP contribution in [0.1, 0.15) is 46.0 Å². The minimum atomic E-state index is -0.218. The van der Waals surface area contributed by atoms with Crippen LogP contribution in [0.5, 0.6) is 0 Å². The van der Waals surface area contributed by atoms with Crippen molar-refractivity contribution < 1.29 is 14.6 Å². The molecule has 2 unspecified atom stereocenters. The molecule has 1 amide bonds. The van der Waals surface area contributed by atoms with Gasteiger partial charge in [0.05, 0.1) is 18.8 Å². The summed E-state index contributed by atoms with van der Waals surface area (Å²) in [4.78, 5) is 14.6. The topological polar surface area (TPSA) is 49.8 Å². The molecule has 2 fully saturated rings. The highest BCUT2D eigenvalue weighted by molar-refractivity contribution is 5.82. The molecule has 0 spiro atoms. The Bertz CT molecular complexity index is 299. The van der Waals surface area contributed by atoms with Crippen molar-refractivity contribution in [2.75, 3.05) is 19.7 Å². The summed E-state index contributed by atoms with van der Waals surface area (Å²) < 4.78 is 5.59. The van der Waals surface area contributed by atoms with Gasteiger partial charge >= 0.3 is 0 Å². The van der Waals surface area contributed by atoms with Gasteiger partial charge in [0, 0.05) is 18.5 Å². The van der Waals surface area contributed by atoms with Gasteiger partial charge < -0.3 is 14.7 Å². The monoisotopic (exact) mass is 255 g/mol. The number of aliphatic hydroxyl groups is 1. The SMILES string of the molecule is CC1CN(C(=O)C2(C)CCCCC2)CC(CO)O1. The predicted octanol–water partition coefficient (Wildman–Crippen LogP) is 1.56. The van der Waals surface area contributed by atoms with E-state index >= 15 is 0 Å². The third-order valence-corrected chi connectivity index (χ3v) is 4.29. The number of amides is 1. The van der Waals surface area contributed by atoms with E-state index in [9.17, 15) is 9.90 Å². The van der Waals surface area contributed by atoms with E-state index < -0.39 is 0 Å². The van der Waals surface area contributed by atoms with Gasteiger partial charge in [0.2, 0.25) is 5.91 Å². The number of ether oxygens (including phenoxy) is 1. The van der Waals surface area contributed by atoms with E-state index in [-0.39, 0.29) is 30.1 Å². The number of carbonyl (C=O) groups is 1. The molecule has 0 bridgehead atoms. The Labute approximate surface area is 109 Å². The molecule has 1 N–H and O–H groups in total. The van der Waals surface area contributed by atoms with Gasteiger partial charge in [-0.25, -0.2) is 0 Å². The lowest BCUT2D eigenvalue weighted by Crippen LogP contribution is -2.54. The number of nitrogens with zero attached hydrogens (tertiary/aromatic N) is 1. The minimum Gasteiger partial charge on any atom is -0.394 e. The van der Waals surface area contributed by atoms with E-state index in [2.05, 4.69) is 6.92 Å². The Balaban J connectivity index is 2.03. The van der Waals surface area contributed by atoms with Crippen LogP contribution in [-0.4, -0.2) is 47.8 Å². The van der Waals surface area contributed by atoms with Gasteiger partial charge in [-0.05, 0) is 19.8 Å². The van der Waals surface area contributed by atoms with Gasteiger partial charge in [0.25, 0.3) is 0 Å². The molecular formula is C14H25NO3. The van der Waals surface area contributed by atoms with Crippen LogP contribution in [-0.2, 0) is 9.53 Å². The predicted molar refractivity (Wildman–Crippen MR) is 69.2 cm³/mol. The number of morpholine rings is 1. The lowest BCUT2D eigenvalue weighted by atomic mass is 9.74.